The molecule has 26 heavy (non-hydrogen) atoms. The van der Waals surface area contributed by atoms with E-state index in [0.29, 0.717) is 11.7 Å². The van der Waals surface area contributed by atoms with Crippen molar-refractivity contribution in [2.75, 3.05) is 45.9 Å². The third kappa shape index (κ3) is 3.41. The van der Waals surface area contributed by atoms with Crippen LogP contribution in [0.4, 0.5) is 0 Å². The zero-order valence-electron chi connectivity index (χ0n) is 15.5. The molecular formula is C20H28N4O2. The number of hydrogen-bond donors (Lipinski definition) is 1. The molecular weight excluding hydrogens is 328 g/mol. The molecule has 6 nitrogen and oxygen atoms in total. The quantitative estimate of drug-likeness (QED) is 0.846. The molecule has 1 aromatic heterocycles. The standard InChI is InChI=1S/C20H28N4O2/c1-16-21-19(26-22-16)20-14-23(9-7-17-5-3-2-4-6-17)10-8-18(20)13-24(15-20)11-12-25/h2-6,18,25H,7-15H2,1H3/t18-,20-/m0/s1. The van der Waals surface area contributed by atoms with Crippen LogP contribution >= 0.6 is 0 Å². The van der Waals surface area contributed by atoms with Crippen molar-refractivity contribution >= 4 is 0 Å². The Morgan fingerprint density at radius 2 is 2.00 bits per heavy atom. The van der Waals surface area contributed by atoms with E-state index in [4.69, 9.17) is 4.52 Å². The first-order valence-electron chi connectivity index (χ1n) is 9.60. The van der Waals surface area contributed by atoms with Gasteiger partial charge >= 0.3 is 0 Å². The second-order valence-electron chi connectivity index (χ2n) is 7.76. The summed E-state index contributed by atoms with van der Waals surface area (Å²) in [5, 5.41) is 13.4. The molecule has 1 N–H and O–H groups in total. The maximum Gasteiger partial charge on any atom is 0.235 e. The van der Waals surface area contributed by atoms with Gasteiger partial charge in [-0.15, -0.1) is 0 Å². The second-order valence-corrected chi connectivity index (χ2v) is 7.76. The van der Waals surface area contributed by atoms with Gasteiger partial charge in [-0.1, -0.05) is 35.5 Å². The molecule has 2 aliphatic heterocycles. The fourth-order valence-corrected chi connectivity index (χ4v) is 4.69. The van der Waals surface area contributed by atoms with E-state index >= 15 is 0 Å². The van der Waals surface area contributed by atoms with Gasteiger partial charge in [0.15, 0.2) is 5.82 Å². The number of piperidine rings is 1. The molecule has 2 fully saturated rings. The van der Waals surface area contributed by atoms with Gasteiger partial charge < -0.3 is 14.5 Å². The zero-order valence-corrected chi connectivity index (χ0v) is 15.5. The molecule has 140 valence electrons. The zero-order chi connectivity index (χ0) is 18.0. The molecule has 4 rings (SSSR count). The highest BCUT2D eigenvalue weighted by Gasteiger charge is 2.54. The molecule has 6 heteroatoms. The summed E-state index contributed by atoms with van der Waals surface area (Å²) in [5.41, 5.74) is 1.27. The van der Waals surface area contributed by atoms with Crippen molar-refractivity contribution in [3.8, 4) is 0 Å². The highest BCUT2D eigenvalue weighted by atomic mass is 16.5. The van der Waals surface area contributed by atoms with E-state index in [-0.39, 0.29) is 12.0 Å². The van der Waals surface area contributed by atoms with E-state index in [9.17, 15) is 5.11 Å². The minimum Gasteiger partial charge on any atom is -0.395 e. The summed E-state index contributed by atoms with van der Waals surface area (Å²) in [6.45, 7) is 7.81. The number of fused-ring (bicyclic) bond motifs is 1. The first-order chi connectivity index (χ1) is 12.7. The monoisotopic (exact) mass is 356 g/mol. The van der Waals surface area contributed by atoms with Crippen LogP contribution in [-0.4, -0.2) is 70.9 Å². The summed E-state index contributed by atoms with van der Waals surface area (Å²) in [6, 6.07) is 10.7. The first-order valence-corrected chi connectivity index (χ1v) is 9.60. The maximum atomic E-state index is 9.38. The number of aryl methyl sites for hydroxylation is 1. The van der Waals surface area contributed by atoms with Crippen molar-refractivity contribution < 1.29 is 9.63 Å². The second kappa shape index (κ2) is 7.47. The van der Waals surface area contributed by atoms with Crippen LogP contribution in [0.1, 0.15) is 23.7 Å². The normalized spacial score (nSPS) is 26.9. The lowest BCUT2D eigenvalue weighted by Crippen LogP contribution is -2.52. The van der Waals surface area contributed by atoms with Gasteiger partial charge in [0.25, 0.3) is 0 Å². The van der Waals surface area contributed by atoms with E-state index in [2.05, 4.69) is 50.3 Å². The predicted octanol–water partition coefficient (Wildman–Crippen LogP) is 1.49. The van der Waals surface area contributed by atoms with Crippen molar-refractivity contribution in [3.63, 3.8) is 0 Å². The van der Waals surface area contributed by atoms with Gasteiger partial charge in [-0.2, -0.15) is 4.98 Å². The van der Waals surface area contributed by atoms with E-state index in [1.807, 2.05) is 6.92 Å². The van der Waals surface area contributed by atoms with Crippen LogP contribution in [0.3, 0.4) is 0 Å². The van der Waals surface area contributed by atoms with E-state index in [0.717, 1.165) is 58.0 Å². The summed E-state index contributed by atoms with van der Waals surface area (Å²) in [6.07, 6.45) is 2.20. The molecule has 0 amide bonds. The average Bonchev–Trinajstić information content (AvgIpc) is 3.25. The lowest BCUT2D eigenvalue weighted by Gasteiger charge is -2.42. The minimum atomic E-state index is -0.106. The summed E-state index contributed by atoms with van der Waals surface area (Å²) in [5.74, 6) is 2.00. The molecule has 3 heterocycles. The number of likely N-dealkylation sites (tertiary alicyclic amines) is 2. The van der Waals surface area contributed by atoms with Crippen LogP contribution in [0, 0.1) is 12.8 Å². The molecule has 2 aromatic rings. The van der Waals surface area contributed by atoms with Gasteiger partial charge in [-0.25, -0.2) is 0 Å². The van der Waals surface area contributed by atoms with Crippen LogP contribution in [-0.2, 0) is 11.8 Å². The van der Waals surface area contributed by atoms with Crippen molar-refractivity contribution in [1.29, 1.82) is 0 Å². The molecule has 0 saturated carbocycles. The lowest BCUT2D eigenvalue weighted by molar-refractivity contribution is 0.0934. The number of rotatable bonds is 6. The highest BCUT2D eigenvalue weighted by molar-refractivity contribution is 5.18. The van der Waals surface area contributed by atoms with Crippen LogP contribution < -0.4 is 0 Å². The Bertz CT molecular complexity index is 720. The Balaban J connectivity index is 1.52. The van der Waals surface area contributed by atoms with Gasteiger partial charge in [-0.3, -0.25) is 4.90 Å². The number of hydrogen-bond acceptors (Lipinski definition) is 6. The Labute approximate surface area is 154 Å². The van der Waals surface area contributed by atoms with Crippen molar-refractivity contribution in [1.82, 2.24) is 19.9 Å². The maximum absolute atomic E-state index is 9.38. The summed E-state index contributed by atoms with van der Waals surface area (Å²) in [4.78, 5) is 9.52. The highest BCUT2D eigenvalue weighted by Crippen LogP contribution is 2.43. The van der Waals surface area contributed by atoms with Gasteiger partial charge in [0.1, 0.15) is 0 Å². The topological polar surface area (TPSA) is 65.6 Å². The number of β-amino-alcohol motifs (C(OH)–C–C–N with tert-alkyl or cyclic N) is 1. The molecule has 0 bridgehead atoms. The van der Waals surface area contributed by atoms with Crippen molar-refractivity contribution in [3.05, 3.63) is 47.6 Å². The molecule has 0 unspecified atom stereocenters. The number of aliphatic hydroxyl groups is 1. The molecule has 2 atom stereocenters. The smallest absolute Gasteiger partial charge is 0.235 e. The first kappa shape index (κ1) is 17.6. The summed E-state index contributed by atoms with van der Waals surface area (Å²) >= 11 is 0. The van der Waals surface area contributed by atoms with Gasteiger partial charge in [0.2, 0.25) is 5.89 Å². The number of benzene rings is 1. The number of aliphatic hydroxyl groups excluding tert-OH is 1. The predicted molar refractivity (Wildman–Crippen MR) is 98.9 cm³/mol. The molecule has 1 aromatic carbocycles. The number of nitrogens with zero attached hydrogens (tertiary/aromatic N) is 4. The summed E-state index contributed by atoms with van der Waals surface area (Å²) in [7, 11) is 0. The van der Waals surface area contributed by atoms with Crippen molar-refractivity contribution in [2.45, 2.75) is 25.2 Å². The minimum absolute atomic E-state index is 0.106. The largest absolute Gasteiger partial charge is 0.395 e. The fraction of sp³-hybridized carbons (Fsp3) is 0.600. The molecule has 2 aliphatic rings. The third-order valence-electron chi connectivity index (χ3n) is 5.99. The van der Waals surface area contributed by atoms with E-state index in [1.54, 1.807) is 0 Å². The van der Waals surface area contributed by atoms with Crippen LogP contribution in [0.2, 0.25) is 0 Å². The number of aromatic nitrogens is 2. The average molecular weight is 356 g/mol. The van der Waals surface area contributed by atoms with Crippen LogP contribution in [0.15, 0.2) is 34.9 Å². The van der Waals surface area contributed by atoms with Gasteiger partial charge in [-0.05, 0) is 37.8 Å². The molecule has 0 spiro atoms. The van der Waals surface area contributed by atoms with E-state index in [1.165, 1.54) is 5.56 Å². The molecule has 0 aliphatic carbocycles. The van der Waals surface area contributed by atoms with Gasteiger partial charge in [0.05, 0.1) is 12.0 Å². The van der Waals surface area contributed by atoms with Gasteiger partial charge in [0, 0.05) is 32.7 Å². The Morgan fingerprint density at radius 3 is 2.73 bits per heavy atom. The van der Waals surface area contributed by atoms with E-state index < -0.39 is 0 Å². The van der Waals surface area contributed by atoms with Crippen LogP contribution in [0.25, 0.3) is 0 Å². The molecule has 2 saturated heterocycles. The fourth-order valence-electron chi connectivity index (χ4n) is 4.69. The summed E-state index contributed by atoms with van der Waals surface area (Å²) < 4.78 is 5.67. The lowest BCUT2D eigenvalue weighted by atomic mass is 9.73. The Morgan fingerprint density at radius 1 is 1.19 bits per heavy atom. The van der Waals surface area contributed by atoms with Crippen LogP contribution in [0.5, 0.6) is 0 Å². The van der Waals surface area contributed by atoms with Crippen molar-refractivity contribution in [2.24, 2.45) is 5.92 Å². The Kier molecular flexibility index (Phi) is 5.07. The third-order valence-corrected chi connectivity index (χ3v) is 5.99. The SMILES string of the molecule is Cc1noc([C@]23CN(CCc4ccccc4)CC[C@H]2CN(CCO)C3)n1. The molecule has 0 radical (unpaired) electrons. The Hall–Kier alpha value is -1.76.